The number of anilines is 1. The van der Waals surface area contributed by atoms with Crippen molar-refractivity contribution in [2.45, 2.75) is 19.6 Å². The highest BCUT2D eigenvalue weighted by molar-refractivity contribution is 6.19. The van der Waals surface area contributed by atoms with Gasteiger partial charge >= 0.3 is 11.9 Å². The number of benzene rings is 1. The SMILES string of the molecule is CN(C)c1[nH]c2ccccc2c(=O)c1C=C1C(=O)OC(C)(C)OC1=O. The van der Waals surface area contributed by atoms with Gasteiger partial charge in [0.2, 0.25) is 0 Å². The molecular formula is C18H18N2O5. The lowest BCUT2D eigenvalue weighted by atomic mass is 10.1. The Labute approximate surface area is 143 Å². The first-order valence-corrected chi connectivity index (χ1v) is 7.70. The molecule has 0 unspecified atom stereocenters. The zero-order valence-corrected chi connectivity index (χ0v) is 14.4. The summed E-state index contributed by atoms with van der Waals surface area (Å²) in [6.07, 6.45) is 1.22. The van der Waals surface area contributed by atoms with Gasteiger partial charge in [0.1, 0.15) is 11.4 Å². The van der Waals surface area contributed by atoms with Gasteiger partial charge in [-0.3, -0.25) is 4.79 Å². The Kier molecular flexibility index (Phi) is 3.87. The average Bonchev–Trinajstić information content (AvgIpc) is 2.51. The van der Waals surface area contributed by atoms with Gasteiger partial charge < -0.3 is 19.4 Å². The maximum Gasteiger partial charge on any atom is 0.348 e. The molecule has 7 nitrogen and oxygen atoms in total. The molecule has 7 heteroatoms. The Hall–Kier alpha value is -3.09. The summed E-state index contributed by atoms with van der Waals surface area (Å²) in [5, 5.41) is 0.456. The normalized spacial score (nSPS) is 16.4. The molecule has 1 aromatic carbocycles. The molecule has 1 fully saturated rings. The third-order valence-electron chi connectivity index (χ3n) is 3.78. The number of hydrogen-bond acceptors (Lipinski definition) is 6. The number of aromatic amines is 1. The van der Waals surface area contributed by atoms with Crippen LogP contribution in [-0.4, -0.2) is 36.8 Å². The Morgan fingerprint density at radius 2 is 1.64 bits per heavy atom. The Balaban J connectivity index is 2.23. The summed E-state index contributed by atoms with van der Waals surface area (Å²) < 4.78 is 10.2. The van der Waals surface area contributed by atoms with Crippen LogP contribution < -0.4 is 10.3 Å². The van der Waals surface area contributed by atoms with Gasteiger partial charge in [-0.15, -0.1) is 0 Å². The summed E-state index contributed by atoms with van der Waals surface area (Å²) >= 11 is 0. The van der Waals surface area contributed by atoms with Crippen molar-refractivity contribution in [2.75, 3.05) is 19.0 Å². The van der Waals surface area contributed by atoms with E-state index >= 15 is 0 Å². The Bertz CT molecular complexity index is 947. The summed E-state index contributed by atoms with van der Waals surface area (Å²) in [4.78, 5) is 42.0. The van der Waals surface area contributed by atoms with Crippen molar-refractivity contribution in [3.8, 4) is 0 Å². The van der Waals surface area contributed by atoms with Crippen LogP contribution in [0.2, 0.25) is 0 Å². The molecule has 0 bridgehead atoms. The second-order valence-corrected chi connectivity index (χ2v) is 6.39. The molecule has 2 aromatic rings. The van der Waals surface area contributed by atoms with E-state index in [2.05, 4.69) is 4.98 Å². The molecule has 3 rings (SSSR count). The minimum atomic E-state index is -1.33. The fourth-order valence-corrected chi connectivity index (χ4v) is 2.65. The number of cyclic esters (lactones) is 2. The highest BCUT2D eigenvalue weighted by Crippen LogP contribution is 2.26. The van der Waals surface area contributed by atoms with Gasteiger partial charge in [-0.05, 0) is 18.2 Å². The van der Waals surface area contributed by atoms with Crippen LogP contribution in [0.1, 0.15) is 19.4 Å². The molecule has 0 aliphatic carbocycles. The van der Waals surface area contributed by atoms with E-state index in [0.717, 1.165) is 0 Å². The summed E-state index contributed by atoms with van der Waals surface area (Å²) in [5.74, 6) is -2.50. The predicted octanol–water partition coefficient (Wildman–Crippen LogP) is 1.81. The van der Waals surface area contributed by atoms with Crippen molar-refractivity contribution in [3.63, 3.8) is 0 Å². The quantitative estimate of drug-likeness (QED) is 0.509. The molecular weight excluding hydrogens is 324 g/mol. The average molecular weight is 342 g/mol. The maximum absolute atomic E-state index is 12.9. The molecule has 1 aromatic heterocycles. The number of pyridine rings is 1. The van der Waals surface area contributed by atoms with Gasteiger partial charge in [0, 0.05) is 33.3 Å². The lowest BCUT2D eigenvalue weighted by molar-refractivity contribution is -0.222. The number of nitrogens with one attached hydrogen (secondary N) is 1. The number of rotatable bonds is 2. The monoisotopic (exact) mass is 342 g/mol. The zero-order chi connectivity index (χ0) is 18.4. The second-order valence-electron chi connectivity index (χ2n) is 6.39. The fraction of sp³-hybridized carbons (Fsp3) is 0.278. The minimum Gasteiger partial charge on any atom is -0.419 e. The van der Waals surface area contributed by atoms with Crippen molar-refractivity contribution < 1.29 is 19.1 Å². The predicted molar refractivity (Wildman–Crippen MR) is 93.1 cm³/mol. The molecule has 1 aliphatic heterocycles. The van der Waals surface area contributed by atoms with E-state index in [9.17, 15) is 14.4 Å². The number of hydrogen-bond donors (Lipinski definition) is 1. The van der Waals surface area contributed by atoms with E-state index in [-0.39, 0.29) is 16.6 Å². The summed E-state index contributed by atoms with van der Waals surface area (Å²) in [6, 6.07) is 7.02. The molecule has 130 valence electrons. The molecule has 0 saturated carbocycles. The fourth-order valence-electron chi connectivity index (χ4n) is 2.65. The van der Waals surface area contributed by atoms with Gasteiger partial charge in [-0.25, -0.2) is 9.59 Å². The van der Waals surface area contributed by atoms with Crippen molar-refractivity contribution in [1.82, 2.24) is 4.98 Å². The van der Waals surface area contributed by atoms with Crippen LogP contribution >= 0.6 is 0 Å². The third-order valence-corrected chi connectivity index (χ3v) is 3.78. The van der Waals surface area contributed by atoms with E-state index in [4.69, 9.17) is 9.47 Å². The van der Waals surface area contributed by atoms with Crippen LogP contribution in [0.4, 0.5) is 5.82 Å². The number of esters is 2. The van der Waals surface area contributed by atoms with Crippen molar-refractivity contribution in [1.29, 1.82) is 0 Å². The molecule has 0 radical (unpaired) electrons. The van der Waals surface area contributed by atoms with Gasteiger partial charge in [0.05, 0.1) is 11.1 Å². The van der Waals surface area contributed by atoms with Gasteiger partial charge in [-0.1, -0.05) is 12.1 Å². The summed E-state index contributed by atoms with van der Waals surface area (Å²) in [5.41, 5.74) is 0.236. The topological polar surface area (TPSA) is 88.7 Å². The zero-order valence-electron chi connectivity index (χ0n) is 14.4. The van der Waals surface area contributed by atoms with Crippen LogP contribution in [0.3, 0.4) is 0 Å². The van der Waals surface area contributed by atoms with Crippen molar-refractivity contribution in [2.24, 2.45) is 0 Å². The molecule has 2 heterocycles. The first-order valence-electron chi connectivity index (χ1n) is 7.70. The molecule has 0 atom stereocenters. The van der Waals surface area contributed by atoms with Crippen LogP contribution in [0.5, 0.6) is 0 Å². The van der Waals surface area contributed by atoms with E-state index in [1.165, 1.54) is 19.9 Å². The second kappa shape index (κ2) is 5.77. The van der Waals surface area contributed by atoms with Crippen LogP contribution in [0.15, 0.2) is 34.6 Å². The molecule has 0 amide bonds. The lowest BCUT2D eigenvalue weighted by Crippen LogP contribution is -2.41. The van der Waals surface area contributed by atoms with E-state index in [1.54, 1.807) is 37.2 Å². The highest BCUT2D eigenvalue weighted by atomic mass is 16.7. The molecule has 1 N–H and O–H groups in total. The Morgan fingerprint density at radius 3 is 2.24 bits per heavy atom. The van der Waals surface area contributed by atoms with E-state index < -0.39 is 17.7 Å². The molecule has 1 saturated heterocycles. The largest absolute Gasteiger partial charge is 0.419 e. The number of aromatic nitrogens is 1. The smallest absolute Gasteiger partial charge is 0.348 e. The lowest BCUT2D eigenvalue weighted by Gasteiger charge is -2.29. The number of carbonyl (C=O) groups excluding carboxylic acids is 2. The van der Waals surface area contributed by atoms with Crippen LogP contribution in [0, 0.1) is 0 Å². The maximum atomic E-state index is 12.9. The number of nitrogens with zero attached hydrogens (tertiary/aromatic N) is 1. The molecule has 0 spiro atoms. The minimum absolute atomic E-state index is 0.187. The van der Waals surface area contributed by atoms with Crippen LogP contribution in [0.25, 0.3) is 17.0 Å². The first kappa shape index (κ1) is 16.8. The van der Waals surface area contributed by atoms with Crippen molar-refractivity contribution >= 4 is 34.7 Å². The molecule has 25 heavy (non-hydrogen) atoms. The van der Waals surface area contributed by atoms with Gasteiger partial charge in [-0.2, -0.15) is 0 Å². The van der Waals surface area contributed by atoms with Crippen LogP contribution in [-0.2, 0) is 19.1 Å². The number of ether oxygens (including phenoxy) is 2. The third kappa shape index (κ3) is 3.00. The highest BCUT2D eigenvalue weighted by Gasteiger charge is 2.39. The summed E-state index contributed by atoms with van der Waals surface area (Å²) in [6.45, 7) is 2.93. The standard InChI is InChI=1S/C18H18N2O5/c1-18(2)24-16(22)12(17(23)25-18)9-11-14(21)10-7-5-6-8-13(10)19-15(11)20(3)4/h5-9H,1-4H3,(H,19,21). The number of H-pyrrole nitrogens is 1. The molecule has 1 aliphatic rings. The first-order chi connectivity index (χ1) is 11.7. The van der Waals surface area contributed by atoms with Gasteiger partial charge in [0.15, 0.2) is 5.43 Å². The number of carbonyl (C=O) groups is 2. The summed E-state index contributed by atoms with van der Waals surface area (Å²) in [7, 11) is 3.51. The van der Waals surface area contributed by atoms with E-state index in [1.807, 2.05) is 6.07 Å². The van der Waals surface area contributed by atoms with Crippen molar-refractivity contribution in [3.05, 3.63) is 45.6 Å². The number of fused-ring (bicyclic) bond motifs is 1. The number of para-hydroxylation sites is 1. The Morgan fingerprint density at radius 1 is 1.04 bits per heavy atom. The van der Waals surface area contributed by atoms with E-state index in [0.29, 0.717) is 16.7 Å². The van der Waals surface area contributed by atoms with Gasteiger partial charge in [0.25, 0.3) is 5.79 Å².